The molecule has 15 nitrogen and oxygen atoms in total. The number of carbonyl (C=O) groups excluding carboxylic acids is 8. The molecule has 5 heterocycles. The molecule has 352 valence electrons. The van der Waals surface area contributed by atoms with Crippen molar-refractivity contribution >= 4 is 65.1 Å². The molecule has 2 N–H and O–H groups in total. The number of fused-ring (bicyclic) bond motifs is 4. The number of aromatic nitrogens is 2. The molecule has 4 aromatic carbocycles. The Balaban J connectivity index is 1.10. The van der Waals surface area contributed by atoms with E-state index in [2.05, 4.69) is 19.4 Å². The lowest BCUT2D eigenvalue weighted by Crippen LogP contribution is -2.55. The quantitative estimate of drug-likeness (QED) is 0.0779. The van der Waals surface area contributed by atoms with E-state index in [4.69, 9.17) is 5.73 Å². The summed E-state index contributed by atoms with van der Waals surface area (Å²) >= 11 is 0. The van der Waals surface area contributed by atoms with Crippen LogP contribution in [0.5, 0.6) is 0 Å². The number of esters is 4. The molecule has 0 unspecified atom stereocenters. The number of anilines is 3. The molecule has 0 radical (unpaired) electrons. The molecule has 4 aliphatic rings. The van der Waals surface area contributed by atoms with E-state index in [9.17, 15) is 38.4 Å². The van der Waals surface area contributed by atoms with E-state index >= 15 is 52.7 Å². The number of imide groups is 2. The number of ether oxygens (including phenoxy) is 2. The smallest absolute Gasteiger partial charge is 0.386 e. The summed E-state index contributed by atoms with van der Waals surface area (Å²) in [4.78, 5) is 111. The molecule has 9 rings (SSSR count). The van der Waals surface area contributed by atoms with Crippen molar-refractivity contribution in [3.05, 3.63) is 146 Å². The van der Waals surface area contributed by atoms with Crippen LogP contribution in [0.2, 0.25) is 0 Å². The van der Waals surface area contributed by atoms with Crippen molar-refractivity contribution in [2.24, 2.45) is 0 Å². The fraction of sp³-hybridized carbons (Fsp3) is 0.143. The molecule has 0 saturated heterocycles. The van der Waals surface area contributed by atoms with Gasteiger partial charge in [0.25, 0.3) is 23.6 Å². The first kappa shape index (κ1) is 45.6. The fourth-order valence-corrected chi connectivity index (χ4v) is 8.63. The maximum Gasteiger partial charge on any atom is 0.411 e. The molecule has 4 aliphatic heterocycles. The fourth-order valence-electron chi connectivity index (χ4n) is 8.63. The minimum Gasteiger partial charge on any atom is -0.386 e. The second-order valence-electron chi connectivity index (χ2n) is 15.2. The minimum atomic E-state index is -6.34. The van der Waals surface area contributed by atoms with Gasteiger partial charge in [0.1, 0.15) is 0 Å². The summed E-state index contributed by atoms with van der Waals surface area (Å²) in [5, 5.41) is 0. The number of cyclic esters (lactones) is 4. The molecule has 27 heteroatoms. The topological polar surface area (TPSA) is 213 Å². The van der Waals surface area contributed by atoms with Gasteiger partial charge in [-0.15, -0.1) is 0 Å². The number of nitrogen functional groups attached to an aromatic ring is 1. The molecule has 1 aromatic heterocycles. The van der Waals surface area contributed by atoms with Crippen molar-refractivity contribution in [2.75, 3.05) is 15.5 Å². The molecule has 0 fully saturated rings. The lowest BCUT2D eigenvalue weighted by atomic mass is 9.71. The molecule has 0 atom stereocenters. The predicted molar refractivity (Wildman–Crippen MR) is 200 cm³/mol. The van der Waals surface area contributed by atoms with Crippen LogP contribution in [-0.2, 0) is 20.3 Å². The van der Waals surface area contributed by atoms with Gasteiger partial charge in [0, 0.05) is 6.07 Å². The molecule has 0 bridgehead atoms. The van der Waals surface area contributed by atoms with Gasteiger partial charge in [0.2, 0.25) is 16.8 Å². The van der Waals surface area contributed by atoms with Crippen molar-refractivity contribution in [3.8, 4) is 0 Å². The molecule has 69 heavy (non-hydrogen) atoms. The summed E-state index contributed by atoms with van der Waals surface area (Å²) < 4.78 is 190. The predicted octanol–water partition coefficient (Wildman–Crippen LogP) is 7.10. The van der Waals surface area contributed by atoms with Crippen molar-refractivity contribution < 1.29 is 101 Å². The van der Waals surface area contributed by atoms with Crippen LogP contribution in [-0.4, -0.2) is 82.2 Å². The van der Waals surface area contributed by atoms with E-state index in [0.717, 1.165) is 0 Å². The number of alkyl halides is 12. The Hall–Kier alpha value is -8.52. The summed E-state index contributed by atoms with van der Waals surface area (Å²) in [6.07, 6.45) is -25.4. The van der Waals surface area contributed by atoms with Crippen LogP contribution in [0.1, 0.15) is 105 Å². The SMILES string of the molecule is Nc1nc(N2C(=O)c3ccc(C(c4ccc5c(c4)C(=O)OC5=O)(C(F)(F)F)C(F)(F)F)cc3C2=O)cc(N2C(=O)c3ccc(C(c4ccc5c(c4)C(=O)OC5=O)(C(F)(F)F)C(F)(F)F)cc3C2=O)n1. The summed E-state index contributed by atoms with van der Waals surface area (Å²) in [6.45, 7) is 0. The molecular weight excluding hydrogens is 962 g/mol. The first-order chi connectivity index (χ1) is 32.0. The van der Waals surface area contributed by atoms with Crippen LogP contribution in [0.15, 0.2) is 78.9 Å². The number of hydrogen-bond acceptors (Lipinski definition) is 13. The highest BCUT2D eigenvalue weighted by molar-refractivity contribution is 6.36. The maximum atomic E-state index is 15.1. The number of nitrogens with two attached hydrogens (primary N) is 1. The van der Waals surface area contributed by atoms with Crippen molar-refractivity contribution in [3.63, 3.8) is 0 Å². The molecule has 0 aliphatic carbocycles. The van der Waals surface area contributed by atoms with Gasteiger partial charge in [-0.3, -0.25) is 19.2 Å². The van der Waals surface area contributed by atoms with Crippen LogP contribution in [0.4, 0.5) is 70.3 Å². The van der Waals surface area contributed by atoms with Crippen molar-refractivity contribution in [1.29, 1.82) is 0 Å². The van der Waals surface area contributed by atoms with Crippen LogP contribution in [0, 0.1) is 0 Å². The highest BCUT2D eigenvalue weighted by Gasteiger charge is 2.74. The molecular formula is C42H15F12N5O10. The Labute approximate surface area is 372 Å². The van der Waals surface area contributed by atoms with Gasteiger partial charge in [0.15, 0.2) is 11.6 Å². The third kappa shape index (κ3) is 6.10. The van der Waals surface area contributed by atoms with Crippen LogP contribution in [0.25, 0.3) is 0 Å². The Morgan fingerprint density at radius 3 is 0.928 bits per heavy atom. The van der Waals surface area contributed by atoms with Gasteiger partial charge in [-0.05, 0) is 70.8 Å². The summed E-state index contributed by atoms with van der Waals surface area (Å²) in [5.41, 5.74) is -18.3. The molecule has 0 saturated carbocycles. The second kappa shape index (κ2) is 14.2. The van der Waals surface area contributed by atoms with Crippen LogP contribution >= 0.6 is 0 Å². The van der Waals surface area contributed by atoms with Gasteiger partial charge < -0.3 is 15.2 Å². The van der Waals surface area contributed by atoms with Crippen molar-refractivity contribution in [1.82, 2.24) is 9.97 Å². The van der Waals surface area contributed by atoms with Gasteiger partial charge >= 0.3 is 48.6 Å². The number of halogens is 12. The van der Waals surface area contributed by atoms with E-state index in [0.29, 0.717) is 30.3 Å². The Bertz CT molecular complexity index is 3050. The standard InChI is InChI=1S/C42H15F12N5O10/c43-39(44,45)37(40(46,47)48,16-3-7-20-24(11-16)34(66)68-32(20)64)14-1-5-18-22(9-14)30(62)58(28(18)60)26-13-27(57-36(55)56-26)59-29(61)19-6-2-15(10-23(19)31(59)63)38(41(49,50)51,42(52,53)54)17-4-8-21-25(12-17)35(67)69-33(21)65/h1-13H,(H2,55,56,57). The van der Waals surface area contributed by atoms with Gasteiger partial charge in [-0.25, -0.2) is 29.0 Å². The third-order valence-corrected chi connectivity index (χ3v) is 11.7. The summed E-state index contributed by atoms with van der Waals surface area (Å²) in [6, 6.07) is 3.53. The minimum absolute atomic E-state index is 0.0209. The zero-order valence-corrected chi connectivity index (χ0v) is 33.0. The molecule has 5 aromatic rings. The monoisotopic (exact) mass is 977 g/mol. The van der Waals surface area contributed by atoms with Crippen LogP contribution < -0.4 is 15.5 Å². The molecule has 4 amide bonds. The van der Waals surface area contributed by atoms with Crippen molar-refractivity contribution in [2.45, 2.75) is 35.5 Å². The zero-order valence-electron chi connectivity index (χ0n) is 33.0. The number of benzene rings is 4. The Morgan fingerprint density at radius 1 is 0.362 bits per heavy atom. The normalized spacial score (nSPS) is 16.3. The summed E-state index contributed by atoms with van der Waals surface area (Å²) in [5.74, 6) is -15.3. The Morgan fingerprint density at radius 2 is 0.623 bits per heavy atom. The maximum absolute atomic E-state index is 15.1. The van der Waals surface area contributed by atoms with Crippen LogP contribution in [0.3, 0.4) is 0 Å². The number of amides is 4. The summed E-state index contributed by atoms with van der Waals surface area (Å²) in [7, 11) is 0. The third-order valence-electron chi connectivity index (χ3n) is 11.7. The molecule has 0 spiro atoms. The van der Waals surface area contributed by atoms with E-state index in [1.807, 2.05) is 0 Å². The second-order valence-corrected chi connectivity index (χ2v) is 15.2. The highest BCUT2D eigenvalue weighted by Crippen LogP contribution is 2.59. The average Bonchev–Trinajstić information content (AvgIpc) is 3.87. The van der Waals surface area contributed by atoms with E-state index < -0.39 is 167 Å². The van der Waals surface area contributed by atoms with Gasteiger partial charge in [0.05, 0.1) is 44.5 Å². The van der Waals surface area contributed by atoms with Gasteiger partial charge in [-0.2, -0.15) is 62.7 Å². The zero-order chi connectivity index (χ0) is 50.5. The van der Waals surface area contributed by atoms with Gasteiger partial charge in [-0.1, -0.05) is 24.3 Å². The first-order valence-corrected chi connectivity index (χ1v) is 18.8. The number of rotatable bonds is 6. The largest absolute Gasteiger partial charge is 0.411 e. The average molecular weight is 978 g/mol. The number of carbonyl (C=O) groups is 8. The van der Waals surface area contributed by atoms with E-state index in [1.165, 1.54) is 0 Å². The number of nitrogens with zero attached hydrogens (tertiary/aromatic N) is 4. The highest BCUT2D eigenvalue weighted by atomic mass is 19.4. The number of hydrogen-bond donors (Lipinski definition) is 1. The lowest BCUT2D eigenvalue weighted by molar-refractivity contribution is -0.290. The first-order valence-electron chi connectivity index (χ1n) is 18.8. The lowest BCUT2D eigenvalue weighted by Gasteiger charge is -2.38. The van der Waals surface area contributed by atoms with E-state index in [-0.39, 0.29) is 58.3 Å². The van der Waals surface area contributed by atoms with E-state index in [1.54, 1.807) is 0 Å². The Kier molecular flexibility index (Phi) is 9.42.